The van der Waals surface area contributed by atoms with Crippen molar-refractivity contribution in [3.8, 4) is 11.3 Å². The third-order valence-corrected chi connectivity index (χ3v) is 3.49. The van der Waals surface area contributed by atoms with Crippen LogP contribution in [0.3, 0.4) is 0 Å². The predicted octanol–water partition coefficient (Wildman–Crippen LogP) is 4.04. The molecule has 0 aliphatic carbocycles. The summed E-state index contributed by atoms with van der Waals surface area (Å²) in [7, 11) is 0. The number of halogens is 1. The van der Waals surface area contributed by atoms with Crippen molar-refractivity contribution in [2.75, 3.05) is 6.61 Å². The highest BCUT2D eigenvalue weighted by atomic mass is 35.5. The Labute approximate surface area is 122 Å². The van der Waals surface area contributed by atoms with Crippen molar-refractivity contribution in [3.05, 3.63) is 41.0 Å². The average Bonchev–Trinajstić information content (AvgIpc) is 2.96. The van der Waals surface area contributed by atoms with Crippen molar-refractivity contribution >= 4 is 11.6 Å². The van der Waals surface area contributed by atoms with E-state index < -0.39 is 0 Å². The van der Waals surface area contributed by atoms with Gasteiger partial charge < -0.3 is 14.0 Å². The lowest BCUT2D eigenvalue weighted by molar-refractivity contribution is -0.169. The highest BCUT2D eigenvalue weighted by molar-refractivity contribution is 6.30. The summed E-state index contributed by atoms with van der Waals surface area (Å²) in [5.74, 6) is 0.713. The molecule has 1 aromatic heterocycles. The van der Waals surface area contributed by atoms with Crippen molar-refractivity contribution in [1.82, 2.24) is 5.16 Å². The normalized spacial score (nSPS) is 19.1. The van der Waals surface area contributed by atoms with Gasteiger partial charge in [0.15, 0.2) is 12.1 Å². The molecule has 0 bridgehead atoms. The second kappa shape index (κ2) is 6.39. The summed E-state index contributed by atoms with van der Waals surface area (Å²) in [4.78, 5) is 0. The van der Waals surface area contributed by atoms with Gasteiger partial charge in [0.05, 0.1) is 6.61 Å². The first kappa shape index (κ1) is 13.6. The van der Waals surface area contributed by atoms with Crippen molar-refractivity contribution in [2.45, 2.75) is 32.2 Å². The molecule has 20 heavy (non-hydrogen) atoms. The molecule has 0 saturated carbocycles. The second-order valence-corrected chi connectivity index (χ2v) is 5.23. The molecule has 2 heterocycles. The standard InChI is InChI=1S/C15H16ClNO3/c16-12-6-4-11(5-7-12)14-9-13(17-20-14)10-19-15-3-1-2-8-18-15/h4-7,9,15H,1-3,8,10H2. The zero-order valence-corrected chi connectivity index (χ0v) is 11.8. The third-order valence-electron chi connectivity index (χ3n) is 3.24. The molecule has 0 amide bonds. The Bertz CT molecular complexity index is 547. The second-order valence-electron chi connectivity index (χ2n) is 4.80. The SMILES string of the molecule is Clc1ccc(-c2cc(COC3CCCCO3)no2)cc1. The first-order valence-corrected chi connectivity index (χ1v) is 7.14. The fourth-order valence-corrected chi connectivity index (χ4v) is 2.28. The molecule has 5 heteroatoms. The first-order chi connectivity index (χ1) is 9.81. The van der Waals surface area contributed by atoms with Crippen LogP contribution in [0.15, 0.2) is 34.9 Å². The quantitative estimate of drug-likeness (QED) is 0.853. The molecule has 0 radical (unpaired) electrons. The van der Waals surface area contributed by atoms with Crippen molar-refractivity contribution in [2.24, 2.45) is 0 Å². The number of hydrogen-bond acceptors (Lipinski definition) is 4. The van der Waals surface area contributed by atoms with Gasteiger partial charge in [-0.1, -0.05) is 16.8 Å². The van der Waals surface area contributed by atoms with E-state index in [0.717, 1.165) is 37.1 Å². The number of nitrogens with zero attached hydrogens (tertiary/aromatic N) is 1. The number of benzene rings is 1. The molecule has 1 atom stereocenters. The molecule has 4 nitrogen and oxygen atoms in total. The van der Waals surface area contributed by atoms with Crippen molar-refractivity contribution in [3.63, 3.8) is 0 Å². The van der Waals surface area contributed by atoms with E-state index in [0.29, 0.717) is 17.4 Å². The molecule has 2 aromatic rings. The molecule has 1 unspecified atom stereocenters. The van der Waals surface area contributed by atoms with E-state index in [-0.39, 0.29) is 6.29 Å². The van der Waals surface area contributed by atoms with Crippen LogP contribution in [0.4, 0.5) is 0 Å². The third kappa shape index (κ3) is 3.39. The molecule has 1 saturated heterocycles. The van der Waals surface area contributed by atoms with Crippen molar-refractivity contribution in [1.29, 1.82) is 0 Å². The van der Waals surface area contributed by atoms with Gasteiger partial charge in [0.2, 0.25) is 0 Å². The summed E-state index contributed by atoms with van der Waals surface area (Å²) in [5, 5.41) is 4.71. The molecule has 1 aliphatic rings. The van der Waals surface area contributed by atoms with Gasteiger partial charge in [-0.15, -0.1) is 0 Å². The van der Waals surface area contributed by atoms with Crippen LogP contribution in [-0.4, -0.2) is 18.1 Å². The van der Waals surface area contributed by atoms with Gasteiger partial charge in [0.25, 0.3) is 0 Å². The molecule has 3 rings (SSSR count). The van der Waals surface area contributed by atoms with Crippen LogP contribution >= 0.6 is 11.6 Å². The fourth-order valence-electron chi connectivity index (χ4n) is 2.15. The number of hydrogen-bond donors (Lipinski definition) is 0. The summed E-state index contributed by atoms with van der Waals surface area (Å²) in [5.41, 5.74) is 1.71. The van der Waals surface area contributed by atoms with Gasteiger partial charge in [-0.2, -0.15) is 0 Å². The summed E-state index contributed by atoms with van der Waals surface area (Å²) in [6.07, 6.45) is 3.10. The summed E-state index contributed by atoms with van der Waals surface area (Å²) >= 11 is 5.86. The Morgan fingerprint density at radius 2 is 2.10 bits per heavy atom. The molecular weight excluding hydrogens is 278 g/mol. The van der Waals surface area contributed by atoms with Gasteiger partial charge in [-0.3, -0.25) is 0 Å². The molecule has 1 aromatic carbocycles. The minimum atomic E-state index is -0.112. The maximum Gasteiger partial charge on any atom is 0.167 e. The minimum Gasteiger partial charge on any atom is -0.356 e. The van der Waals surface area contributed by atoms with E-state index in [2.05, 4.69) is 5.16 Å². The van der Waals surface area contributed by atoms with E-state index >= 15 is 0 Å². The van der Waals surface area contributed by atoms with Crippen LogP contribution in [-0.2, 0) is 16.1 Å². The van der Waals surface area contributed by atoms with E-state index in [1.54, 1.807) is 0 Å². The van der Waals surface area contributed by atoms with Crippen LogP contribution < -0.4 is 0 Å². The Morgan fingerprint density at radius 3 is 2.85 bits per heavy atom. The van der Waals surface area contributed by atoms with E-state index in [1.165, 1.54) is 0 Å². The predicted molar refractivity (Wildman–Crippen MR) is 75.3 cm³/mol. The summed E-state index contributed by atoms with van der Waals surface area (Å²) in [6.45, 7) is 1.18. The first-order valence-electron chi connectivity index (χ1n) is 6.76. The summed E-state index contributed by atoms with van der Waals surface area (Å²) < 4.78 is 16.5. The summed E-state index contributed by atoms with van der Waals surface area (Å²) in [6, 6.07) is 9.33. The molecule has 0 N–H and O–H groups in total. The van der Waals surface area contributed by atoms with Gasteiger partial charge in [0, 0.05) is 23.3 Å². The van der Waals surface area contributed by atoms with Crippen LogP contribution in [0.1, 0.15) is 25.0 Å². The van der Waals surface area contributed by atoms with E-state index in [9.17, 15) is 0 Å². The van der Waals surface area contributed by atoms with Crippen LogP contribution in [0.5, 0.6) is 0 Å². The Morgan fingerprint density at radius 1 is 1.25 bits per heavy atom. The zero-order valence-electron chi connectivity index (χ0n) is 11.0. The lowest BCUT2D eigenvalue weighted by Gasteiger charge is -2.21. The molecular formula is C15H16ClNO3. The minimum absolute atomic E-state index is 0.112. The Balaban J connectivity index is 1.60. The number of rotatable bonds is 4. The maximum atomic E-state index is 5.86. The Hall–Kier alpha value is -1.36. The van der Waals surface area contributed by atoms with Crippen LogP contribution in [0, 0.1) is 0 Å². The van der Waals surface area contributed by atoms with Crippen LogP contribution in [0.25, 0.3) is 11.3 Å². The fraction of sp³-hybridized carbons (Fsp3) is 0.400. The largest absolute Gasteiger partial charge is 0.356 e. The zero-order chi connectivity index (χ0) is 13.8. The lowest BCUT2D eigenvalue weighted by Crippen LogP contribution is -2.22. The van der Waals surface area contributed by atoms with Gasteiger partial charge in [0.1, 0.15) is 5.69 Å². The van der Waals surface area contributed by atoms with Gasteiger partial charge >= 0.3 is 0 Å². The molecule has 106 valence electrons. The van der Waals surface area contributed by atoms with E-state index in [1.807, 2.05) is 30.3 Å². The van der Waals surface area contributed by atoms with Gasteiger partial charge in [-0.25, -0.2) is 0 Å². The topological polar surface area (TPSA) is 44.5 Å². The van der Waals surface area contributed by atoms with Crippen molar-refractivity contribution < 1.29 is 14.0 Å². The average molecular weight is 294 g/mol. The van der Waals surface area contributed by atoms with Crippen LogP contribution in [0.2, 0.25) is 5.02 Å². The maximum absolute atomic E-state index is 5.86. The number of aromatic nitrogens is 1. The highest BCUT2D eigenvalue weighted by Crippen LogP contribution is 2.23. The Kier molecular flexibility index (Phi) is 4.35. The molecule has 1 aliphatic heterocycles. The smallest absolute Gasteiger partial charge is 0.167 e. The lowest BCUT2D eigenvalue weighted by atomic mass is 10.1. The monoisotopic (exact) mass is 293 g/mol. The molecule has 0 spiro atoms. The van der Waals surface area contributed by atoms with Gasteiger partial charge in [-0.05, 0) is 43.5 Å². The highest BCUT2D eigenvalue weighted by Gasteiger charge is 2.15. The number of ether oxygens (including phenoxy) is 2. The molecule has 1 fully saturated rings. The van der Waals surface area contributed by atoms with E-state index in [4.69, 9.17) is 25.6 Å².